The summed E-state index contributed by atoms with van der Waals surface area (Å²) >= 11 is 3.27. The molecule has 0 aliphatic carbocycles. The molecule has 0 atom stereocenters. The molecule has 6 heteroatoms. The summed E-state index contributed by atoms with van der Waals surface area (Å²) in [6, 6.07) is 5.48. The third kappa shape index (κ3) is 5.62. The lowest BCUT2D eigenvalue weighted by atomic mass is 10.1. The molecular formula is C17H24BrFN4. The fraction of sp³-hybridized carbons (Fsp3) is 0.471. The van der Waals surface area contributed by atoms with E-state index >= 15 is 0 Å². The fourth-order valence-corrected chi connectivity index (χ4v) is 3.01. The minimum absolute atomic E-state index is 0.222. The zero-order valence-electron chi connectivity index (χ0n) is 13.5. The van der Waals surface area contributed by atoms with Gasteiger partial charge in [-0.3, -0.25) is 9.89 Å². The van der Waals surface area contributed by atoms with Gasteiger partial charge >= 0.3 is 0 Å². The number of hydrogen-bond acceptors (Lipinski definition) is 2. The smallest absolute Gasteiger partial charge is 0.191 e. The molecule has 0 saturated carbocycles. The predicted octanol–water partition coefficient (Wildman–Crippen LogP) is 2.90. The maximum absolute atomic E-state index is 13.8. The monoisotopic (exact) mass is 382 g/mol. The largest absolute Gasteiger partial charge is 0.354 e. The van der Waals surface area contributed by atoms with Gasteiger partial charge in [0.15, 0.2) is 5.96 Å². The number of nitrogens with zero attached hydrogens (tertiary/aromatic N) is 2. The van der Waals surface area contributed by atoms with Crippen LogP contribution in [0, 0.1) is 5.82 Å². The lowest BCUT2D eigenvalue weighted by Crippen LogP contribution is -2.48. The Hall–Kier alpha value is -1.40. The van der Waals surface area contributed by atoms with Crippen molar-refractivity contribution in [3.05, 3.63) is 46.7 Å². The Labute approximate surface area is 146 Å². The molecule has 1 aromatic rings. The van der Waals surface area contributed by atoms with E-state index in [4.69, 9.17) is 0 Å². The summed E-state index contributed by atoms with van der Waals surface area (Å²) in [5.41, 5.74) is 0.622. The van der Waals surface area contributed by atoms with Gasteiger partial charge in [0.2, 0.25) is 0 Å². The van der Waals surface area contributed by atoms with Crippen LogP contribution in [-0.2, 0) is 6.54 Å². The molecule has 0 aromatic heterocycles. The Morgan fingerprint density at radius 3 is 2.83 bits per heavy atom. The van der Waals surface area contributed by atoms with Crippen molar-refractivity contribution in [3.8, 4) is 0 Å². The van der Waals surface area contributed by atoms with Gasteiger partial charge in [-0.2, -0.15) is 0 Å². The van der Waals surface area contributed by atoms with Gasteiger partial charge in [0.1, 0.15) is 5.82 Å². The van der Waals surface area contributed by atoms with Crippen molar-refractivity contribution in [2.24, 2.45) is 4.99 Å². The molecule has 2 N–H and O–H groups in total. The molecule has 0 spiro atoms. The normalized spacial score (nSPS) is 17.1. The van der Waals surface area contributed by atoms with Gasteiger partial charge in [0.05, 0.1) is 0 Å². The van der Waals surface area contributed by atoms with E-state index in [1.807, 2.05) is 12.1 Å². The molecule has 0 radical (unpaired) electrons. The Morgan fingerprint density at radius 1 is 1.48 bits per heavy atom. The van der Waals surface area contributed by atoms with Crippen LogP contribution in [-0.4, -0.2) is 43.6 Å². The van der Waals surface area contributed by atoms with Crippen LogP contribution in [0.2, 0.25) is 0 Å². The molecule has 1 aromatic carbocycles. The lowest BCUT2D eigenvalue weighted by molar-refractivity contribution is 0.225. The molecule has 126 valence electrons. The summed E-state index contributed by atoms with van der Waals surface area (Å²) in [6.07, 6.45) is 4.09. The molecule has 1 saturated heterocycles. The van der Waals surface area contributed by atoms with Crippen LogP contribution in [0.1, 0.15) is 18.4 Å². The topological polar surface area (TPSA) is 39.7 Å². The number of hydrogen-bond donors (Lipinski definition) is 2. The van der Waals surface area contributed by atoms with Gasteiger partial charge in [-0.25, -0.2) is 4.39 Å². The van der Waals surface area contributed by atoms with Crippen molar-refractivity contribution >= 4 is 21.9 Å². The number of nitrogens with one attached hydrogen (secondary N) is 2. The minimum atomic E-state index is -0.222. The van der Waals surface area contributed by atoms with Gasteiger partial charge in [0, 0.05) is 49.3 Å². The Balaban J connectivity index is 1.81. The number of benzene rings is 1. The summed E-state index contributed by atoms with van der Waals surface area (Å²) in [6.45, 7) is 7.25. The summed E-state index contributed by atoms with van der Waals surface area (Å²) in [4.78, 5) is 6.62. The Kier molecular flexibility index (Phi) is 7.05. The van der Waals surface area contributed by atoms with Gasteiger partial charge in [0.25, 0.3) is 0 Å². The molecule has 1 aliphatic rings. The van der Waals surface area contributed by atoms with Crippen LogP contribution in [0.25, 0.3) is 0 Å². The van der Waals surface area contributed by atoms with Crippen LogP contribution in [0.15, 0.2) is 40.3 Å². The van der Waals surface area contributed by atoms with E-state index in [2.05, 4.69) is 43.0 Å². The van der Waals surface area contributed by atoms with Crippen LogP contribution >= 0.6 is 15.9 Å². The predicted molar refractivity (Wildman–Crippen MR) is 97.1 cm³/mol. The molecule has 1 aliphatic heterocycles. The van der Waals surface area contributed by atoms with Gasteiger partial charge in [-0.1, -0.05) is 28.1 Å². The quantitative estimate of drug-likeness (QED) is 0.467. The average molecular weight is 383 g/mol. The molecule has 2 rings (SSSR count). The summed E-state index contributed by atoms with van der Waals surface area (Å²) in [7, 11) is 1.74. The third-order valence-corrected chi connectivity index (χ3v) is 4.49. The Bertz CT molecular complexity index is 554. The maximum atomic E-state index is 13.8. The highest BCUT2D eigenvalue weighted by Crippen LogP contribution is 2.15. The molecule has 0 unspecified atom stereocenters. The highest BCUT2D eigenvalue weighted by Gasteiger charge is 2.19. The molecule has 0 amide bonds. The summed E-state index contributed by atoms with van der Waals surface area (Å²) < 4.78 is 14.6. The minimum Gasteiger partial charge on any atom is -0.354 e. The zero-order valence-corrected chi connectivity index (χ0v) is 15.1. The third-order valence-electron chi connectivity index (χ3n) is 4.00. The highest BCUT2D eigenvalue weighted by molar-refractivity contribution is 9.10. The fourth-order valence-electron chi connectivity index (χ4n) is 2.67. The molecule has 1 heterocycles. The van der Waals surface area contributed by atoms with Crippen LogP contribution in [0.5, 0.6) is 0 Å². The second-order valence-electron chi connectivity index (χ2n) is 5.67. The van der Waals surface area contributed by atoms with E-state index < -0.39 is 0 Å². The van der Waals surface area contributed by atoms with E-state index in [1.54, 1.807) is 13.1 Å². The van der Waals surface area contributed by atoms with Crippen molar-refractivity contribution in [1.29, 1.82) is 0 Å². The van der Waals surface area contributed by atoms with Crippen molar-refractivity contribution in [2.75, 3.05) is 26.7 Å². The van der Waals surface area contributed by atoms with Crippen molar-refractivity contribution in [3.63, 3.8) is 0 Å². The van der Waals surface area contributed by atoms with Crippen molar-refractivity contribution in [1.82, 2.24) is 15.5 Å². The second kappa shape index (κ2) is 9.03. The first-order chi connectivity index (χ1) is 11.1. The van der Waals surface area contributed by atoms with Crippen LogP contribution < -0.4 is 10.6 Å². The first-order valence-corrected chi connectivity index (χ1v) is 8.66. The molecule has 0 bridgehead atoms. The number of rotatable bonds is 5. The lowest BCUT2D eigenvalue weighted by Gasteiger charge is -2.32. The SMILES string of the molecule is C=CCN1CCC(NC(=NC)NCc2ccc(Br)cc2F)CC1. The van der Waals surface area contributed by atoms with Gasteiger partial charge in [-0.15, -0.1) is 6.58 Å². The van der Waals surface area contributed by atoms with Crippen molar-refractivity contribution in [2.45, 2.75) is 25.4 Å². The molecule has 1 fully saturated rings. The van der Waals surface area contributed by atoms with Gasteiger partial charge in [-0.05, 0) is 25.0 Å². The molecule has 23 heavy (non-hydrogen) atoms. The van der Waals surface area contributed by atoms with E-state index in [1.165, 1.54) is 6.07 Å². The zero-order chi connectivity index (χ0) is 16.7. The Morgan fingerprint density at radius 2 is 2.22 bits per heavy atom. The van der Waals surface area contributed by atoms with Crippen LogP contribution in [0.4, 0.5) is 4.39 Å². The van der Waals surface area contributed by atoms with E-state index in [0.29, 0.717) is 18.2 Å². The second-order valence-corrected chi connectivity index (χ2v) is 6.59. The average Bonchev–Trinajstić information content (AvgIpc) is 2.54. The molecular weight excluding hydrogens is 359 g/mol. The first-order valence-electron chi connectivity index (χ1n) is 7.86. The van der Waals surface area contributed by atoms with Crippen LogP contribution in [0.3, 0.4) is 0 Å². The number of aliphatic imine (C=N–C) groups is 1. The highest BCUT2D eigenvalue weighted by atomic mass is 79.9. The number of halogens is 2. The summed E-state index contributed by atoms with van der Waals surface area (Å²) in [5.74, 6) is 0.495. The maximum Gasteiger partial charge on any atom is 0.191 e. The van der Waals surface area contributed by atoms with Gasteiger partial charge < -0.3 is 10.6 Å². The molecule has 4 nitrogen and oxygen atoms in total. The number of piperidine rings is 1. The number of likely N-dealkylation sites (tertiary alicyclic amines) is 1. The van der Waals surface area contributed by atoms with Crippen molar-refractivity contribution < 1.29 is 4.39 Å². The summed E-state index contributed by atoms with van der Waals surface area (Å²) in [5, 5.41) is 6.61. The van der Waals surface area contributed by atoms with E-state index in [0.717, 1.165) is 42.9 Å². The standard InChI is InChI=1S/C17H24BrFN4/c1-3-8-23-9-6-15(7-10-23)22-17(20-2)21-12-13-4-5-14(18)11-16(13)19/h3-5,11,15H,1,6-10,12H2,2H3,(H2,20,21,22). The van der Waals surface area contributed by atoms with E-state index in [-0.39, 0.29) is 5.82 Å². The number of guanidine groups is 1. The van der Waals surface area contributed by atoms with E-state index in [9.17, 15) is 4.39 Å². The first kappa shape index (κ1) is 17.9.